The van der Waals surface area contributed by atoms with Crippen molar-refractivity contribution in [2.24, 2.45) is 4.99 Å². The third-order valence-corrected chi connectivity index (χ3v) is 4.44. The predicted octanol–water partition coefficient (Wildman–Crippen LogP) is 1.50. The second kappa shape index (κ2) is 9.36. The highest BCUT2D eigenvalue weighted by atomic mass is 16.5. The molecule has 8 heteroatoms. The van der Waals surface area contributed by atoms with Gasteiger partial charge in [0.1, 0.15) is 18.2 Å². The first-order valence-electron chi connectivity index (χ1n) is 9.31. The summed E-state index contributed by atoms with van der Waals surface area (Å²) < 4.78 is 12.3. The fourth-order valence-corrected chi connectivity index (χ4v) is 3.08. The summed E-state index contributed by atoms with van der Waals surface area (Å²) in [7, 11) is 3.33. The number of aryl methyl sites for hydroxylation is 1. The zero-order chi connectivity index (χ0) is 19.1. The summed E-state index contributed by atoms with van der Waals surface area (Å²) >= 11 is 0. The summed E-state index contributed by atoms with van der Waals surface area (Å²) in [6.07, 6.45) is 1.89. The number of hydrogen-bond donors (Lipinski definition) is 2. The average Bonchev–Trinajstić information content (AvgIpc) is 3.08. The summed E-state index contributed by atoms with van der Waals surface area (Å²) in [5, 5.41) is 11.4. The largest absolute Gasteiger partial charge is 0.497 e. The molecule has 146 valence electrons. The number of fused-ring (bicyclic) bond motifs is 1. The van der Waals surface area contributed by atoms with Gasteiger partial charge in [-0.05, 0) is 31.0 Å². The van der Waals surface area contributed by atoms with Gasteiger partial charge in [0, 0.05) is 26.1 Å². The first-order valence-corrected chi connectivity index (χ1v) is 9.31. The van der Waals surface area contributed by atoms with E-state index in [-0.39, 0.29) is 6.04 Å². The van der Waals surface area contributed by atoms with Crippen LogP contribution in [-0.2, 0) is 30.9 Å². The monoisotopic (exact) mass is 372 g/mol. The van der Waals surface area contributed by atoms with Gasteiger partial charge in [0.15, 0.2) is 11.8 Å². The van der Waals surface area contributed by atoms with E-state index in [1.54, 1.807) is 14.2 Å². The molecule has 0 amide bonds. The Morgan fingerprint density at radius 1 is 1.30 bits per heavy atom. The molecule has 27 heavy (non-hydrogen) atoms. The molecule has 2 N–H and O–H groups in total. The Morgan fingerprint density at radius 3 is 2.81 bits per heavy atom. The van der Waals surface area contributed by atoms with Gasteiger partial charge in [-0.1, -0.05) is 12.1 Å². The van der Waals surface area contributed by atoms with Gasteiger partial charge in [-0.15, -0.1) is 0 Å². The second-order valence-corrected chi connectivity index (χ2v) is 6.48. The molecule has 0 spiro atoms. The van der Waals surface area contributed by atoms with Crippen molar-refractivity contribution < 1.29 is 9.47 Å². The fraction of sp³-hybridized carbons (Fsp3) is 0.526. The minimum Gasteiger partial charge on any atom is -0.497 e. The van der Waals surface area contributed by atoms with Gasteiger partial charge < -0.3 is 20.1 Å². The molecule has 1 unspecified atom stereocenters. The Balaban J connectivity index is 1.61. The normalized spacial score (nSPS) is 16.7. The standard InChI is InChI=1S/C19H28N6O2/c1-4-20-19(21-11-14-5-8-16(27-3)9-6-14)22-15-7-10-18-23-17(13-26-2)24-25(18)12-15/h5-6,8-9,15H,4,7,10-13H2,1-3H3,(H2,20,21,22). The highest BCUT2D eigenvalue weighted by molar-refractivity contribution is 5.80. The molecule has 1 aliphatic rings. The average molecular weight is 372 g/mol. The lowest BCUT2D eigenvalue weighted by Gasteiger charge is -2.25. The molecule has 1 aromatic heterocycles. The molecule has 1 aliphatic heterocycles. The summed E-state index contributed by atoms with van der Waals surface area (Å²) in [5.74, 6) is 3.44. The van der Waals surface area contributed by atoms with Crippen molar-refractivity contribution in [3.63, 3.8) is 0 Å². The number of hydrogen-bond acceptors (Lipinski definition) is 5. The Labute approximate surface area is 160 Å². The van der Waals surface area contributed by atoms with Gasteiger partial charge in [-0.25, -0.2) is 14.7 Å². The number of aliphatic imine (C=N–C) groups is 1. The van der Waals surface area contributed by atoms with E-state index >= 15 is 0 Å². The summed E-state index contributed by atoms with van der Waals surface area (Å²) in [5.41, 5.74) is 1.14. The molecule has 0 bridgehead atoms. The molecule has 2 heterocycles. The molecule has 1 aromatic carbocycles. The number of benzene rings is 1. The molecule has 0 radical (unpaired) electrons. The zero-order valence-corrected chi connectivity index (χ0v) is 16.2. The van der Waals surface area contributed by atoms with Crippen molar-refractivity contribution in [1.29, 1.82) is 0 Å². The van der Waals surface area contributed by atoms with Gasteiger partial charge in [0.2, 0.25) is 0 Å². The van der Waals surface area contributed by atoms with Crippen molar-refractivity contribution in [3.8, 4) is 5.75 Å². The van der Waals surface area contributed by atoms with E-state index < -0.39 is 0 Å². The SMILES string of the molecule is CCNC(=NCc1ccc(OC)cc1)NC1CCc2nc(COC)nn2C1. The maximum atomic E-state index is 5.20. The molecule has 0 fully saturated rings. The highest BCUT2D eigenvalue weighted by Crippen LogP contribution is 2.14. The molecule has 0 saturated heterocycles. The molecule has 1 atom stereocenters. The maximum absolute atomic E-state index is 5.20. The fourth-order valence-electron chi connectivity index (χ4n) is 3.08. The molecular formula is C19H28N6O2. The van der Waals surface area contributed by atoms with Crippen LogP contribution in [0.15, 0.2) is 29.3 Å². The Kier molecular flexibility index (Phi) is 6.64. The highest BCUT2D eigenvalue weighted by Gasteiger charge is 2.22. The van der Waals surface area contributed by atoms with Gasteiger partial charge >= 0.3 is 0 Å². The van der Waals surface area contributed by atoms with Crippen LogP contribution in [0.5, 0.6) is 5.75 Å². The van der Waals surface area contributed by atoms with Crippen LogP contribution in [0, 0.1) is 0 Å². The van der Waals surface area contributed by atoms with Crippen molar-refractivity contribution in [2.75, 3.05) is 20.8 Å². The molecule has 2 aromatic rings. The van der Waals surface area contributed by atoms with Crippen LogP contribution in [0.2, 0.25) is 0 Å². The molecule has 8 nitrogen and oxygen atoms in total. The number of guanidine groups is 1. The van der Waals surface area contributed by atoms with Gasteiger partial charge in [0.25, 0.3) is 0 Å². The third-order valence-electron chi connectivity index (χ3n) is 4.44. The van der Waals surface area contributed by atoms with E-state index in [4.69, 9.17) is 14.5 Å². The van der Waals surface area contributed by atoms with Crippen LogP contribution in [0.25, 0.3) is 0 Å². The lowest BCUT2D eigenvalue weighted by Crippen LogP contribution is -2.47. The minimum absolute atomic E-state index is 0.267. The van der Waals surface area contributed by atoms with Crippen molar-refractivity contribution in [2.45, 2.75) is 45.5 Å². The van der Waals surface area contributed by atoms with E-state index in [1.807, 2.05) is 28.9 Å². The number of nitrogens with zero attached hydrogens (tertiary/aromatic N) is 4. The van der Waals surface area contributed by atoms with Crippen LogP contribution in [0.4, 0.5) is 0 Å². The van der Waals surface area contributed by atoms with Gasteiger partial charge in [0.05, 0.1) is 20.2 Å². The van der Waals surface area contributed by atoms with Crippen molar-refractivity contribution >= 4 is 5.96 Å². The Bertz CT molecular complexity index is 756. The van der Waals surface area contributed by atoms with E-state index in [0.29, 0.717) is 13.2 Å². The van der Waals surface area contributed by atoms with E-state index in [2.05, 4.69) is 27.6 Å². The van der Waals surface area contributed by atoms with Crippen LogP contribution in [0.1, 0.15) is 30.6 Å². The lowest BCUT2D eigenvalue weighted by molar-refractivity contribution is 0.177. The van der Waals surface area contributed by atoms with Crippen LogP contribution in [-0.4, -0.2) is 47.5 Å². The van der Waals surface area contributed by atoms with E-state index in [1.165, 1.54) is 0 Å². The number of aromatic nitrogens is 3. The topological polar surface area (TPSA) is 85.6 Å². The summed E-state index contributed by atoms with van der Waals surface area (Å²) in [6.45, 7) is 4.72. The summed E-state index contributed by atoms with van der Waals surface area (Å²) in [4.78, 5) is 9.24. The number of nitrogens with one attached hydrogen (secondary N) is 2. The Hall–Kier alpha value is -2.61. The van der Waals surface area contributed by atoms with Gasteiger partial charge in [-0.2, -0.15) is 5.10 Å². The van der Waals surface area contributed by atoms with Crippen LogP contribution >= 0.6 is 0 Å². The smallest absolute Gasteiger partial charge is 0.191 e. The molecule has 0 aliphatic carbocycles. The first-order chi connectivity index (χ1) is 13.2. The third kappa shape index (κ3) is 5.19. The molecule has 3 rings (SSSR count). The zero-order valence-electron chi connectivity index (χ0n) is 16.2. The minimum atomic E-state index is 0.267. The van der Waals surface area contributed by atoms with Crippen LogP contribution < -0.4 is 15.4 Å². The van der Waals surface area contributed by atoms with Crippen molar-refractivity contribution in [1.82, 2.24) is 25.4 Å². The lowest BCUT2D eigenvalue weighted by atomic mass is 10.1. The predicted molar refractivity (Wildman–Crippen MR) is 104 cm³/mol. The Morgan fingerprint density at radius 2 is 2.11 bits per heavy atom. The quantitative estimate of drug-likeness (QED) is 0.566. The van der Waals surface area contributed by atoms with Gasteiger partial charge in [-0.3, -0.25) is 0 Å². The summed E-state index contributed by atoms with van der Waals surface area (Å²) in [6, 6.07) is 8.24. The van der Waals surface area contributed by atoms with Crippen molar-refractivity contribution in [3.05, 3.63) is 41.5 Å². The van der Waals surface area contributed by atoms with Crippen LogP contribution in [0.3, 0.4) is 0 Å². The second-order valence-electron chi connectivity index (χ2n) is 6.48. The molecule has 0 saturated carbocycles. The number of methoxy groups -OCH3 is 2. The molecular weight excluding hydrogens is 344 g/mol. The maximum Gasteiger partial charge on any atom is 0.191 e. The number of rotatable bonds is 7. The number of ether oxygens (including phenoxy) is 2. The van der Waals surface area contributed by atoms with E-state index in [9.17, 15) is 0 Å². The van der Waals surface area contributed by atoms with E-state index in [0.717, 1.165) is 54.9 Å². The first kappa shape index (κ1) is 19.2.